The van der Waals surface area contributed by atoms with Crippen LogP contribution in [0, 0.1) is 17.7 Å². The van der Waals surface area contributed by atoms with Crippen molar-refractivity contribution >= 4 is 5.91 Å². The lowest BCUT2D eigenvalue weighted by Crippen LogP contribution is -2.48. The van der Waals surface area contributed by atoms with E-state index in [2.05, 4.69) is 19.2 Å². The van der Waals surface area contributed by atoms with E-state index in [1.807, 2.05) is 4.90 Å². The third-order valence-corrected chi connectivity index (χ3v) is 4.96. The number of benzene rings is 1. The van der Waals surface area contributed by atoms with E-state index in [9.17, 15) is 9.18 Å². The van der Waals surface area contributed by atoms with E-state index < -0.39 is 0 Å². The zero-order valence-electron chi connectivity index (χ0n) is 12.0. The summed E-state index contributed by atoms with van der Waals surface area (Å²) in [6.07, 6.45) is 0.156. The van der Waals surface area contributed by atoms with Gasteiger partial charge in [0.05, 0.1) is 6.42 Å². The van der Waals surface area contributed by atoms with Crippen LogP contribution in [-0.4, -0.2) is 36.0 Å². The Kier molecular flexibility index (Phi) is 3.28. The molecule has 1 N–H and O–H groups in total. The molecule has 0 spiro atoms. The summed E-state index contributed by atoms with van der Waals surface area (Å²) in [5, 5.41) is 3.40. The highest BCUT2D eigenvalue weighted by Crippen LogP contribution is 2.40. The predicted molar refractivity (Wildman–Crippen MR) is 75.7 cm³/mol. The van der Waals surface area contributed by atoms with Crippen LogP contribution in [0.2, 0.25) is 0 Å². The quantitative estimate of drug-likeness (QED) is 0.893. The SMILES string of the molecule is CC1(C)C2CNCC2CN1C(=O)Cc1ccccc1F. The van der Waals surface area contributed by atoms with Crippen molar-refractivity contribution < 1.29 is 9.18 Å². The number of nitrogens with one attached hydrogen (secondary N) is 1. The smallest absolute Gasteiger partial charge is 0.227 e. The van der Waals surface area contributed by atoms with Gasteiger partial charge in [0.15, 0.2) is 0 Å². The fourth-order valence-corrected chi connectivity index (χ4v) is 3.74. The number of carbonyl (C=O) groups is 1. The molecule has 0 radical (unpaired) electrons. The lowest BCUT2D eigenvalue weighted by Gasteiger charge is -2.35. The Bertz CT molecular complexity index is 529. The van der Waals surface area contributed by atoms with Crippen LogP contribution >= 0.6 is 0 Å². The van der Waals surface area contributed by atoms with Crippen molar-refractivity contribution in [2.45, 2.75) is 25.8 Å². The van der Waals surface area contributed by atoms with E-state index in [1.54, 1.807) is 18.2 Å². The maximum atomic E-state index is 13.7. The molecule has 1 aromatic rings. The van der Waals surface area contributed by atoms with E-state index in [1.165, 1.54) is 6.07 Å². The second-order valence-electron chi connectivity index (χ2n) is 6.45. The van der Waals surface area contributed by atoms with Crippen molar-refractivity contribution in [3.8, 4) is 0 Å². The fourth-order valence-electron chi connectivity index (χ4n) is 3.74. The molecule has 0 aliphatic carbocycles. The number of hydrogen-bond acceptors (Lipinski definition) is 2. The van der Waals surface area contributed by atoms with Gasteiger partial charge in [-0.3, -0.25) is 4.79 Å². The Morgan fingerprint density at radius 1 is 1.40 bits per heavy atom. The largest absolute Gasteiger partial charge is 0.337 e. The van der Waals surface area contributed by atoms with Crippen LogP contribution in [0.1, 0.15) is 19.4 Å². The molecule has 3 nitrogen and oxygen atoms in total. The Labute approximate surface area is 119 Å². The van der Waals surface area contributed by atoms with Gasteiger partial charge in [-0.25, -0.2) is 4.39 Å². The molecule has 2 unspecified atom stereocenters. The number of halogens is 1. The third kappa shape index (κ3) is 2.12. The highest BCUT2D eigenvalue weighted by Gasteiger charge is 2.51. The summed E-state index contributed by atoms with van der Waals surface area (Å²) in [6, 6.07) is 6.54. The molecule has 2 aliphatic heterocycles. The topological polar surface area (TPSA) is 32.3 Å². The third-order valence-electron chi connectivity index (χ3n) is 4.96. The van der Waals surface area contributed by atoms with Crippen molar-refractivity contribution in [1.82, 2.24) is 10.2 Å². The summed E-state index contributed by atoms with van der Waals surface area (Å²) >= 11 is 0. The molecular weight excluding hydrogens is 255 g/mol. The van der Waals surface area contributed by atoms with Gasteiger partial charge < -0.3 is 10.2 Å². The van der Waals surface area contributed by atoms with E-state index >= 15 is 0 Å². The molecule has 4 heteroatoms. The van der Waals surface area contributed by atoms with Gasteiger partial charge in [0.1, 0.15) is 5.82 Å². The van der Waals surface area contributed by atoms with Gasteiger partial charge in [0.25, 0.3) is 0 Å². The van der Waals surface area contributed by atoms with E-state index in [-0.39, 0.29) is 23.7 Å². The summed E-state index contributed by atoms with van der Waals surface area (Å²) in [7, 11) is 0. The molecule has 2 saturated heterocycles. The lowest BCUT2D eigenvalue weighted by molar-refractivity contribution is -0.134. The van der Waals surface area contributed by atoms with Crippen LogP contribution in [0.5, 0.6) is 0 Å². The molecule has 1 aromatic carbocycles. The maximum absolute atomic E-state index is 13.7. The van der Waals surface area contributed by atoms with Gasteiger partial charge in [-0.05, 0) is 37.3 Å². The average Bonchev–Trinajstić information content (AvgIpc) is 2.95. The number of nitrogens with zero attached hydrogens (tertiary/aromatic N) is 1. The Balaban J connectivity index is 1.77. The van der Waals surface area contributed by atoms with Gasteiger partial charge in [0.2, 0.25) is 5.91 Å². The molecule has 3 rings (SSSR count). The van der Waals surface area contributed by atoms with Crippen molar-refractivity contribution in [3.63, 3.8) is 0 Å². The van der Waals surface area contributed by atoms with Gasteiger partial charge in [-0.2, -0.15) is 0 Å². The Hall–Kier alpha value is -1.42. The molecule has 2 aliphatic rings. The summed E-state index contributed by atoms with van der Waals surface area (Å²) in [6.45, 7) is 7.00. The predicted octanol–water partition coefficient (Wildman–Crippen LogP) is 1.82. The summed E-state index contributed by atoms with van der Waals surface area (Å²) < 4.78 is 13.7. The minimum atomic E-state index is -0.292. The monoisotopic (exact) mass is 276 g/mol. The number of rotatable bonds is 2. The van der Waals surface area contributed by atoms with Crippen molar-refractivity contribution in [1.29, 1.82) is 0 Å². The average molecular weight is 276 g/mol. The summed E-state index contributed by atoms with van der Waals surface area (Å²) in [5.74, 6) is 0.788. The van der Waals surface area contributed by atoms with E-state index in [0.29, 0.717) is 17.4 Å². The summed E-state index contributed by atoms with van der Waals surface area (Å²) in [4.78, 5) is 14.5. The minimum absolute atomic E-state index is 0.0366. The van der Waals surface area contributed by atoms with Crippen LogP contribution in [0.15, 0.2) is 24.3 Å². The highest BCUT2D eigenvalue weighted by molar-refractivity contribution is 5.80. The second kappa shape index (κ2) is 4.85. The van der Waals surface area contributed by atoms with Crippen LogP contribution in [-0.2, 0) is 11.2 Å². The standard InChI is InChI=1S/C16H21FN2O/c1-16(2)13-9-18-8-12(13)10-19(16)15(20)7-11-5-3-4-6-14(11)17/h3-6,12-13,18H,7-10H2,1-2H3. The maximum Gasteiger partial charge on any atom is 0.227 e. The summed E-state index contributed by atoms with van der Waals surface area (Å²) in [5.41, 5.74) is 0.347. The fraction of sp³-hybridized carbons (Fsp3) is 0.562. The first kappa shape index (κ1) is 13.6. The van der Waals surface area contributed by atoms with Gasteiger partial charge >= 0.3 is 0 Å². The molecule has 0 saturated carbocycles. The first-order valence-corrected chi connectivity index (χ1v) is 7.24. The first-order chi connectivity index (χ1) is 9.50. The molecule has 1 amide bonds. The van der Waals surface area contributed by atoms with Crippen LogP contribution in [0.25, 0.3) is 0 Å². The zero-order valence-corrected chi connectivity index (χ0v) is 12.0. The Morgan fingerprint density at radius 2 is 2.15 bits per heavy atom. The second-order valence-corrected chi connectivity index (χ2v) is 6.45. The molecule has 2 fully saturated rings. The lowest BCUT2D eigenvalue weighted by atomic mass is 9.85. The molecule has 108 valence electrons. The number of amides is 1. The molecule has 0 bridgehead atoms. The zero-order chi connectivity index (χ0) is 14.3. The van der Waals surface area contributed by atoms with Gasteiger partial charge in [-0.15, -0.1) is 0 Å². The number of carbonyl (C=O) groups excluding carboxylic acids is 1. The number of likely N-dealkylation sites (tertiary alicyclic amines) is 1. The van der Waals surface area contributed by atoms with Crippen LogP contribution in [0.4, 0.5) is 4.39 Å². The van der Waals surface area contributed by atoms with Crippen molar-refractivity contribution in [2.24, 2.45) is 11.8 Å². The number of hydrogen-bond donors (Lipinski definition) is 1. The van der Waals surface area contributed by atoms with Crippen molar-refractivity contribution in [3.05, 3.63) is 35.6 Å². The molecule has 20 heavy (non-hydrogen) atoms. The molecular formula is C16H21FN2O. The minimum Gasteiger partial charge on any atom is -0.337 e. The van der Waals surface area contributed by atoms with Crippen LogP contribution in [0.3, 0.4) is 0 Å². The van der Waals surface area contributed by atoms with Crippen molar-refractivity contribution in [2.75, 3.05) is 19.6 Å². The van der Waals surface area contributed by atoms with Crippen LogP contribution < -0.4 is 5.32 Å². The molecule has 2 heterocycles. The van der Waals surface area contributed by atoms with E-state index in [0.717, 1.165) is 19.6 Å². The normalized spacial score (nSPS) is 27.6. The van der Waals surface area contributed by atoms with Gasteiger partial charge in [-0.1, -0.05) is 18.2 Å². The Morgan fingerprint density at radius 3 is 2.85 bits per heavy atom. The van der Waals surface area contributed by atoms with Gasteiger partial charge in [0, 0.05) is 25.2 Å². The number of fused-ring (bicyclic) bond motifs is 1. The van der Waals surface area contributed by atoms with E-state index in [4.69, 9.17) is 0 Å². The highest BCUT2D eigenvalue weighted by atomic mass is 19.1. The molecule has 2 atom stereocenters. The first-order valence-electron chi connectivity index (χ1n) is 7.24. The molecule has 0 aromatic heterocycles.